The van der Waals surface area contributed by atoms with Crippen LogP contribution in [0.5, 0.6) is 0 Å². The van der Waals surface area contributed by atoms with Crippen LogP contribution in [0.3, 0.4) is 0 Å². The minimum absolute atomic E-state index is 0.0338. The molecule has 14 nitrogen and oxygen atoms in total. The Balaban J connectivity index is 1.30. The van der Waals surface area contributed by atoms with Gasteiger partial charge in [0.05, 0.1) is 29.2 Å². The second kappa shape index (κ2) is 15.1. The molecule has 2 aromatic rings. The van der Waals surface area contributed by atoms with E-state index in [1.54, 1.807) is 74.8 Å². The molecule has 2 saturated heterocycles. The molecule has 5 rings (SSSR count). The number of thioether (sulfide) groups is 1. The van der Waals surface area contributed by atoms with E-state index in [9.17, 15) is 33.9 Å². The first-order chi connectivity index (χ1) is 23.4. The maximum absolute atomic E-state index is 13.5. The quantitative estimate of drug-likeness (QED) is 0.208. The van der Waals surface area contributed by atoms with Crippen molar-refractivity contribution in [2.24, 2.45) is 11.8 Å². The number of ether oxygens (including phenoxy) is 4. The van der Waals surface area contributed by atoms with E-state index >= 15 is 0 Å². The van der Waals surface area contributed by atoms with E-state index in [0.717, 1.165) is 0 Å². The number of likely N-dealkylation sites (tertiary alicyclic amines) is 1. The van der Waals surface area contributed by atoms with Crippen LogP contribution in [0, 0.1) is 11.8 Å². The molecule has 0 aliphatic carbocycles. The van der Waals surface area contributed by atoms with Gasteiger partial charge in [-0.05, 0) is 37.6 Å². The molecule has 1 unspecified atom stereocenters. The van der Waals surface area contributed by atoms with Gasteiger partial charge < -0.3 is 33.9 Å². The second-order valence-corrected chi connectivity index (χ2v) is 13.4. The molecule has 1 N–H and O–H groups in total. The Morgan fingerprint density at radius 3 is 1.94 bits per heavy atom. The number of fused-ring (bicyclic) bond motifs is 1. The number of benzene rings is 2. The maximum atomic E-state index is 13.5. The van der Waals surface area contributed by atoms with E-state index in [-0.39, 0.29) is 35.7 Å². The van der Waals surface area contributed by atoms with Gasteiger partial charge in [-0.2, -0.15) is 0 Å². The molecule has 49 heavy (non-hydrogen) atoms. The first kappa shape index (κ1) is 35.4. The number of carbonyl (C=O) groups excluding carboxylic acids is 6. The molecule has 0 saturated carbocycles. The topological polar surface area (TPSA) is 169 Å². The zero-order chi connectivity index (χ0) is 35.4. The molecule has 3 amide bonds. The van der Waals surface area contributed by atoms with E-state index in [4.69, 9.17) is 18.9 Å². The molecule has 6 atom stereocenters. The Morgan fingerprint density at radius 2 is 1.41 bits per heavy atom. The number of hydrogen-bond acceptors (Lipinski definition) is 12. The highest BCUT2D eigenvalue weighted by molar-refractivity contribution is 8.03. The number of aliphatic hydroxyl groups is 1. The third-order valence-corrected chi connectivity index (χ3v) is 10.1. The van der Waals surface area contributed by atoms with Crippen molar-refractivity contribution in [3.05, 3.63) is 82.4 Å². The van der Waals surface area contributed by atoms with Gasteiger partial charge in [0.1, 0.15) is 11.7 Å². The number of carbonyl (C=O) groups is 6. The number of β-lactam (4-membered cyclic amide) rings is 1. The monoisotopic (exact) mass is 695 g/mol. The van der Waals surface area contributed by atoms with Gasteiger partial charge in [0.25, 0.3) is 0 Å². The zero-order valence-corrected chi connectivity index (χ0v) is 28.2. The lowest BCUT2D eigenvalue weighted by Gasteiger charge is -2.46. The SMILES string of the molecule is C[C@H]1C(S[C@H]2C[C@@H](C(=O)N(C)C)N(C(=O)OCOC(=O)c3ccccc3)C2)=C(C(=O)OCOC(=O)c2ccccc2)N2C(=O)[C@H]([C@@H](C)O)C12. The first-order valence-corrected chi connectivity index (χ1v) is 16.5. The average molecular weight is 696 g/mol. The van der Waals surface area contributed by atoms with Gasteiger partial charge in [-0.25, -0.2) is 19.2 Å². The Morgan fingerprint density at radius 1 is 0.878 bits per heavy atom. The number of hydrogen-bond donors (Lipinski definition) is 1. The van der Waals surface area contributed by atoms with E-state index in [0.29, 0.717) is 4.91 Å². The number of amides is 3. The van der Waals surface area contributed by atoms with Crippen LogP contribution in [0.1, 0.15) is 41.0 Å². The molecule has 3 heterocycles. The fourth-order valence-electron chi connectivity index (χ4n) is 6.20. The van der Waals surface area contributed by atoms with Gasteiger partial charge in [-0.1, -0.05) is 43.3 Å². The molecular formula is C34H37N3O11S. The van der Waals surface area contributed by atoms with Gasteiger partial charge in [0.2, 0.25) is 25.4 Å². The Bertz CT molecular complexity index is 1630. The highest BCUT2D eigenvalue weighted by Gasteiger charge is 2.60. The van der Waals surface area contributed by atoms with E-state index in [1.165, 1.54) is 33.4 Å². The fourth-order valence-corrected chi connectivity index (χ4v) is 7.72. The molecule has 15 heteroatoms. The van der Waals surface area contributed by atoms with E-state index in [2.05, 4.69) is 0 Å². The van der Waals surface area contributed by atoms with Crippen LogP contribution in [0.25, 0.3) is 0 Å². The van der Waals surface area contributed by atoms with Crippen molar-refractivity contribution in [1.82, 2.24) is 14.7 Å². The second-order valence-electron chi connectivity index (χ2n) is 12.0. The molecule has 0 radical (unpaired) electrons. The fraction of sp³-hybridized carbons (Fsp3) is 0.412. The predicted octanol–water partition coefficient (Wildman–Crippen LogP) is 2.63. The summed E-state index contributed by atoms with van der Waals surface area (Å²) in [6, 6.07) is 14.9. The number of likely N-dealkylation sites (N-methyl/N-ethyl adjacent to an activating group) is 1. The summed E-state index contributed by atoms with van der Waals surface area (Å²) in [7, 11) is 3.11. The highest BCUT2D eigenvalue weighted by atomic mass is 32.2. The van der Waals surface area contributed by atoms with Gasteiger partial charge in [0, 0.05) is 36.7 Å². The molecule has 2 fully saturated rings. The van der Waals surface area contributed by atoms with Crippen molar-refractivity contribution >= 4 is 47.6 Å². The lowest BCUT2D eigenvalue weighted by molar-refractivity contribution is -0.166. The smallest absolute Gasteiger partial charge is 0.413 e. The molecule has 260 valence electrons. The van der Waals surface area contributed by atoms with E-state index in [1.807, 2.05) is 6.92 Å². The molecule has 0 bridgehead atoms. The maximum Gasteiger partial charge on any atom is 0.413 e. The molecular weight excluding hydrogens is 658 g/mol. The van der Waals surface area contributed by atoms with Crippen molar-refractivity contribution < 1.29 is 52.8 Å². The highest BCUT2D eigenvalue weighted by Crippen LogP contribution is 2.52. The summed E-state index contributed by atoms with van der Waals surface area (Å²) >= 11 is 1.23. The lowest BCUT2D eigenvalue weighted by atomic mass is 9.79. The number of rotatable bonds is 11. The summed E-state index contributed by atoms with van der Waals surface area (Å²) in [6.07, 6.45) is -1.66. The van der Waals surface area contributed by atoms with Crippen LogP contribution in [-0.4, -0.2) is 113 Å². The number of nitrogens with zero attached hydrogens (tertiary/aromatic N) is 3. The van der Waals surface area contributed by atoms with Crippen LogP contribution >= 0.6 is 11.8 Å². The first-order valence-electron chi connectivity index (χ1n) is 15.6. The third kappa shape index (κ3) is 7.42. The average Bonchev–Trinajstić information content (AvgIpc) is 3.61. The number of esters is 3. The summed E-state index contributed by atoms with van der Waals surface area (Å²) in [5.74, 6) is -4.24. The van der Waals surface area contributed by atoms with Crippen molar-refractivity contribution in [2.45, 2.75) is 43.7 Å². The van der Waals surface area contributed by atoms with Crippen LogP contribution in [0.2, 0.25) is 0 Å². The Labute approximate surface area is 286 Å². The lowest BCUT2D eigenvalue weighted by Crippen LogP contribution is -2.63. The van der Waals surface area contributed by atoms with Crippen LogP contribution in [0.15, 0.2) is 71.3 Å². The van der Waals surface area contributed by atoms with Crippen molar-refractivity contribution in [2.75, 3.05) is 34.2 Å². The van der Waals surface area contributed by atoms with Gasteiger partial charge in [-0.15, -0.1) is 11.8 Å². The normalized spacial score (nSPS) is 23.3. The van der Waals surface area contributed by atoms with Gasteiger partial charge in [0.15, 0.2) is 0 Å². The molecule has 0 aromatic heterocycles. The Hall–Kier alpha value is -4.89. The van der Waals surface area contributed by atoms with Crippen LogP contribution < -0.4 is 0 Å². The van der Waals surface area contributed by atoms with Crippen LogP contribution in [0.4, 0.5) is 4.79 Å². The minimum atomic E-state index is -0.973. The van der Waals surface area contributed by atoms with Crippen LogP contribution in [-0.2, 0) is 33.3 Å². The standard InChI is InChI=1S/C34H37N3O11S/c1-19-26-25(20(2)38)30(40)37(26)27(33(43)47-17-45-31(41)21-11-7-5-8-12-21)28(19)49-23-15-24(29(39)35(3)4)36(16-23)34(44)48-18-46-32(42)22-13-9-6-10-14-22/h5-14,19-20,23-26,38H,15-18H2,1-4H3/t19-,20-,23+,24+,25-,26?/m1/s1. The summed E-state index contributed by atoms with van der Waals surface area (Å²) in [5.41, 5.74) is 0.506. The minimum Gasteiger partial charge on any atom is -0.424 e. The molecule has 3 aliphatic rings. The summed E-state index contributed by atoms with van der Waals surface area (Å²) in [6.45, 7) is 1.99. The van der Waals surface area contributed by atoms with Crippen molar-refractivity contribution in [1.29, 1.82) is 0 Å². The van der Waals surface area contributed by atoms with Crippen molar-refractivity contribution in [3.63, 3.8) is 0 Å². The summed E-state index contributed by atoms with van der Waals surface area (Å²) in [5, 5.41) is 9.92. The predicted molar refractivity (Wildman–Crippen MR) is 173 cm³/mol. The summed E-state index contributed by atoms with van der Waals surface area (Å²) in [4.78, 5) is 82.0. The number of aliphatic hydroxyl groups excluding tert-OH is 1. The summed E-state index contributed by atoms with van der Waals surface area (Å²) < 4.78 is 20.7. The Kier molecular flexibility index (Phi) is 10.9. The zero-order valence-electron chi connectivity index (χ0n) is 27.3. The molecule has 3 aliphatic heterocycles. The largest absolute Gasteiger partial charge is 0.424 e. The van der Waals surface area contributed by atoms with Gasteiger partial charge >= 0.3 is 24.0 Å². The van der Waals surface area contributed by atoms with Crippen molar-refractivity contribution in [3.8, 4) is 0 Å². The van der Waals surface area contributed by atoms with E-state index < -0.39 is 78.8 Å². The molecule has 0 spiro atoms. The molecule has 2 aromatic carbocycles. The van der Waals surface area contributed by atoms with Gasteiger partial charge in [-0.3, -0.25) is 14.5 Å². The third-order valence-electron chi connectivity index (χ3n) is 8.59.